The molecule has 9 heteroatoms. The van der Waals surface area contributed by atoms with Crippen molar-refractivity contribution in [2.45, 2.75) is 25.8 Å². The molecule has 4 rings (SSSR count). The fraction of sp³-hybridized carbons (Fsp3) is 0.435. The summed E-state index contributed by atoms with van der Waals surface area (Å²) < 4.78 is 28.7. The number of nitrogens with two attached hydrogens (primary N) is 1. The van der Waals surface area contributed by atoms with Gasteiger partial charge >= 0.3 is 5.97 Å². The number of carbonyl (C=O) groups is 1. The third-order valence-corrected chi connectivity index (χ3v) is 6.67. The lowest BCUT2D eigenvalue weighted by molar-refractivity contribution is -0.149. The van der Waals surface area contributed by atoms with E-state index in [9.17, 15) is 4.79 Å². The van der Waals surface area contributed by atoms with Gasteiger partial charge in [0.2, 0.25) is 0 Å². The summed E-state index contributed by atoms with van der Waals surface area (Å²) in [5.41, 5.74) is 7.88. The van der Waals surface area contributed by atoms with Crippen LogP contribution in [-0.2, 0) is 22.4 Å². The Morgan fingerprint density at radius 1 is 0.969 bits per heavy atom. The van der Waals surface area contributed by atoms with E-state index in [1.807, 2.05) is 24.3 Å². The predicted octanol–water partition coefficient (Wildman–Crippen LogP) is 4.29. The van der Waals surface area contributed by atoms with Gasteiger partial charge < -0.3 is 29.4 Å². The van der Waals surface area contributed by atoms with Gasteiger partial charge in [-0.05, 0) is 44.0 Å². The highest BCUT2D eigenvalue weighted by atomic mass is 79.9. The highest BCUT2D eigenvalue weighted by molar-refractivity contribution is 9.10. The Labute approximate surface area is 204 Å². The fourth-order valence-electron chi connectivity index (χ4n) is 3.60. The number of carbonyl (C=O) groups excluding carboxylic acids is 1. The molecule has 0 amide bonds. The van der Waals surface area contributed by atoms with Crippen molar-refractivity contribution in [1.82, 2.24) is 0 Å². The molecule has 0 bridgehead atoms. The molecule has 174 valence electrons. The van der Waals surface area contributed by atoms with Crippen LogP contribution >= 0.6 is 31.9 Å². The average molecular weight is 573 g/mol. The summed E-state index contributed by atoms with van der Waals surface area (Å²) in [5.74, 6) is 2.54. The zero-order valence-corrected chi connectivity index (χ0v) is 21.5. The number of ether oxygens (including phenoxy) is 5. The van der Waals surface area contributed by atoms with Crippen LogP contribution in [0.3, 0.4) is 0 Å². The molecule has 2 aliphatic heterocycles. The van der Waals surface area contributed by atoms with Gasteiger partial charge in [0.15, 0.2) is 23.0 Å². The molecule has 2 aromatic carbocycles. The zero-order chi connectivity index (χ0) is 23.3. The number of halogens is 2. The van der Waals surface area contributed by atoms with Crippen molar-refractivity contribution in [3.8, 4) is 23.0 Å². The summed E-state index contributed by atoms with van der Waals surface area (Å²) in [6, 6.07) is 7.66. The lowest BCUT2D eigenvalue weighted by Gasteiger charge is -2.26. The molecule has 2 atom stereocenters. The maximum Gasteiger partial charge on any atom is 0.312 e. The predicted molar refractivity (Wildman–Crippen MR) is 128 cm³/mol. The minimum Gasteiger partial charge on any atom is -0.493 e. The number of hydrogen-bond acceptors (Lipinski definition) is 7. The number of fused-ring (bicyclic) bond motifs is 2. The van der Waals surface area contributed by atoms with E-state index in [1.54, 1.807) is 21.1 Å². The Morgan fingerprint density at radius 3 is 2.03 bits per heavy atom. The fourth-order valence-corrected chi connectivity index (χ4v) is 4.54. The maximum atomic E-state index is 11.7. The summed E-state index contributed by atoms with van der Waals surface area (Å²) in [6.45, 7) is 3.08. The Balaban J connectivity index is 0.000000186. The van der Waals surface area contributed by atoms with Crippen LogP contribution in [0.25, 0.3) is 0 Å². The number of esters is 1. The minimum atomic E-state index is -0.249. The molecule has 1 unspecified atom stereocenters. The second-order valence-corrected chi connectivity index (χ2v) is 9.06. The van der Waals surface area contributed by atoms with Crippen LogP contribution in [-0.4, -0.2) is 46.1 Å². The second kappa shape index (κ2) is 11.2. The van der Waals surface area contributed by atoms with Gasteiger partial charge in [-0.15, -0.1) is 0 Å². The molecule has 0 saturated heterocycles. The van der Waals surface area contributed by atoms with Crippen molar-refractivity contribution in [2.24, 2.45) is 11.7 Å². The van der Waals surface area contributed by atoms with Gasteiger partial charge in [-0.3, -0.25) is 4.79 Å². The van der Waals surface area contributed by atoms with Crippen molar-refractivity contribution >= 4 is 37.8 Å². The largest absolute Gasteiger partial charge is 0.493 e. The lowest BCUT2D eigenvalue weighted by Crippen LogP contribution is -2.34. The number of hydrogen-bond donors (Lipinski definition) is 1. The highest BCUT2D eigenvalue weighted by Crippen LogP contribution is 2.41. The SMILES string of the molecule is CCOC(=O)C1COc2c(OC)ccc(Br)c2C1.COc1ccc(Br)c2c1OC[C@H](N)C2. The van der Waals surface area contributed by atoms with Gasteiger partial charge in [-0.25, -0.2) is 0 Å². The Hall–Kier alpha value is -1.97. The Kier molecular flexibility index (Phi) is 8.67. The molecule has 2 heterocycles. The average Bonchev–Trinajstić information content (AvgIpc) is 2.80. The van der Waals surface area contributed by atoms with Crippen molar-refractivity contribution in [1.29, 1.82) is 0 Å². The zero-order valence-electron chi connectivity index (χ0n) is 18.3. The summed E-state index contributed by atoms with van der Waals surface area (Å²) in [5, 5.41) is 0. The standard InChI is InChI=1S/C13H15BrO4.C10H12BrNO2/c1-3-17-13(15)8-6-9-10(14)4-5-11(16-2)12(9)18-7-8;1-13-9-3-2-8(11)7-4-6(12)5-14-10(7)9/h4-5,8H,3,6-7H2,1-2H3;2-3,6H,4-5,12H2,1H3/t;6-/m.1/s1. The molecule has 32 heavy (non-hydrogen) atoms. The van der Waals surface area contributed by atoms with Crippen molar-refractivity contribution < 1.29 is 28.5 Å². The molecule has 2 N–H and O–H groups in total. The first-order valence-electron chi connectivity index (χ1n) is 10.3. The van der Waals surface area contributed by atoms with E-state index in [2.05, 4.69) is 31.9 Å². The molecular weight excluding hydrogens is 546 g/mol. The third kappa shape index (κ3) is 5.50. The maximum absolute atomic E-state index is 11.7. The Bertz CT molecular complexity index is 968. The third-order valence-electron chi connectivity index (χ3n) is 5.18. The molecular formula is C23H27Br2NO6. The van der Waals surface area contributed by atoms with E-state index in [0.29, 0.717) is 37.7 Å². The number of rotatable bonds is 4. The van der Waals surface area contributed by atoms with Gasteiger partial charge in [0.1, 0.15) is 13.2 Å². The number of benzene rings is 2. The summed E-state index contributed by atoms with van der Waals surface area (Å²) >= 11 is 6.96. The highest BCUT2D eigenvalue weighted by Gasteiger charge is 2.30. The molecule has 2 aliphatic rings. The van der Waals surface area contributed by atoms with E-state index in [0.717, 1.165) is 38.0 Å². The van der Waals surface area contributed by atoms with Crippen LogP contribution in [0.2, 0.25) is 0 Å². The van der Waals surface area contributed by atoms with Crippen molar-refractivity contribution in [3.05, 3.63) is 44.3 Å². The molecule has 0 radical (unpaired) electrons. The van der Waals surface area contributed by atoms with Crippen molar-refractivity contribution in [2.75, 3.05) is 34.0 Å². The summed E-state index contributed by atoms with van der Waals surface area (Å²) in [6.07, 6.45) is 1.43. The van der Waals surface area contributed by atoms with Gasteiger partial charge in [-0.1, -0.05) is 31.9 Å². The van der Waals surface area contributed by atoms with Gasteiger partial charge in [0.05, 0.1) is 26.7 Å². The van der Waals surface area contributed by atoms with E-state index in [1.165, 1.54) is 0 Å². The topological polar surface area (TPSA) is 89.2 Å². The lowest BCUT2D eigenvalue weighted by atomic mass is 9.96. The van der Waals surface area contributed by atoms with Crippen LogP contribution in [0.4, 0.5) is 0 Å². The van der Waals surface area contributed by atoms with Crippen LogP contribution < -0.4 is 24.7 Å². The molecule has 0 fully saturated rings. The number of methoxy groups -OCH3 is 2. The van der Waals surface area contributed by atoms with Crippen LogP contribution in [0.1, 0.15) is 18.1 Å². The van der Waals surface area contributed by atoms with Gasteiger partial charge in [-0.2, -0.15) is 0 Å². The van der Waals surface area contributed by atoms with Gasteiger partial charge in [0, 0.05) is 26.1 Å². The van der Waals surface area contributed by atoms with E-state index >= 15 is 0 Å². The first-order valence-corrected chi connectivity index (χ1v) is 11.9. The molecule has 0 aliphatic carbocycles. The normalized spacial score (nSPS) is 18.6. The first kappa shape index (κ1) is 24.7. The van der Waals surface area contributed by atoms with Crippen LogP contribution in [0, 0.1) is 5.92 Å². The van der Waals surface area contributed by atoms with Crippen molar-refractivity contribution in [3.63, 3.8) is 0 Å². The van der Waals surface area contributed by atoms with Crippen LogP contribution in [0.5, 0.6) is 23.0 Å². The van der Waals surface area contributed by atoms with E-state index in [-0.39, 0.29) is 17.9 Å². The molecule has 0 spiro atoms. The molecule has 0 saturated carbocycles. The van der Waals surface area contributed by atoms with Gasteiger partial charge in [0.25, 0.3) is 0 Å². The monoisotopic (exact) mass is 571 g/mol. The van der Waals surface area contributed by atoms with Crippen LogP contribution in [0.15, 0.2) is 33.2 Å². The summed E-state index contributed by atoms with van der Waals surface area (Å²) in [7, 11) is 3.24. The van der Waals surface area contributed by atoms with E-state index in [4.69, 9.17) is 29.4 Å². The smallest absolute Gasteiger partial charge is 0.312 e. The molecule has 0 aromatic heterocycles. The molecule has 2 aromatic rings. The summed E-state index contributed by atoms with van der Waals surface area (Å²) in [4.78, 5) is 11.7. The Morgan fingerprint density at radius 2 is 1.50 bits per heavy atom. The quantitative estimate of drug-likeness (QED) is 0.547. The first-order chi connectivity index (χ1) is 15.4. The van der Waals surface area contributed by atoms with E-state index < -0.39 is 0 Å². The second-order valence-electron chi connectivity index (χ2n) is 7.35. The minimum absolute atomic E-state index is 0.0749. The molecule has 7 nitrogen and oxygen atoms in total.